The fourth-order valence-electron chi connectivity index (χ4n) is 2.01. The van der Waals surface area contributed by atoms with Crippen molar-refractivity contribution in [3.8, 4) is 0 Å². The van der Waals surface area contributed by atoms with Gasteiger partial charge in [-0.25, -0.2) is 8.42 Å². The van der Waals surface area contributed by atoms with Crippen LogP contribution in [0.3, 0.4) is 0 Å². The quantitative estimate of drug-likeness (QED) is 0.775. The molecule has 2 rings (SSSR count). The molecular formula is C13H16N2O4S. The minimum Gasteiger partial charge on any atom is -0.481 e. The lowest BCUT2D eigenvalue weighted by atomic mass is 10.2. The average Bonchev–Trinajstić information content (AvgIpc) is 2.66. The van der Waals surface area contributed by atoms with Gasteiger partial charge < -0.3 is 5.11 Å². The number of benzene rings is 1. The zero-order valence-electron chi connectivity index (χ0n) is 10.9. The molecule has 1 heterocycles. The van der Waals surface area contributed by atoms with Crippen LogP contribution in [0.1, 0.15) is 31.2 Å². The molecule has 0 atom stereocenters. The molecule has 0 saturated carbocycles. The molecule has 1 aromatic carbocycles. The van der Waals surface area contributed by atoms with Crippen molar-refractivity contribution >= 4 is 21.8 Å². The summed E-state index contributed by atoms with van der Waals surface area (Å²) in [5, 5.41) is 8.51. The molecule has 108 valence electrons. The van der Waals surface area contributed by atoms with Crippen molar-refractivity contribution in [2.75, 3.05) is 6.54 Å². The number of fused-ring (bicyclic) bond motifs is 1. The Morgan fingerprint density at radius 1 is 1.20 bits per heavy atom. The molecule has 1 aliphatic rings. The van der Waals surface area contributed by atoms with E-state index in [2.05, 4.69) is 9.71 Å². The lowest BCUT2D eigenvalue weighted by Gasteiger charge is -1.99. The van der Waals surface area contributed by atoms with Crippen LogP contribution in [0.25, 0.3) is 0 Å². The number of hydrogen-bond acceptors (Lipinski definition) is 4. The van der Waals surface area contributed by atoms with Crippen molar-refractivity contribution in [2.24, 2.45) is 4.99 Å². The van der Waals surface area contributed by atoms with Gasteiger partial charge in [0.2, 0.25) is 0 Å². The van der Waals surface area contributed by atoms with Gasteiger partial charge in [-0.2, -0.15) is 0 Å². The Balaban J connectivity index is 1.94. The van der Waals surface area contributed by atoms with Crippen LogP contribution in [-0.4, -0.2) is 31.9 Å². The van der Waals surface area contributed by atoms with Crippen molar-refractivity contribution in [3.63, 3.8) is 0 Å². The molecule has 1 aromatic rings. The Morgan fingerprint density at radius 3 is 2.70 bits per heavy atom. The Hall–Kier alpha value is -1.89. The van der Waals surface area contributed by atoms with Crippen LogP contribution >= 0.6 is 0 Å². The van der Waals surface area contributed by atoms with Crippen LogP contribution in [0.2, 0.25) is 0 Å². The van der Waals surface area contributed by atoms with Crippen LogP contribution in [0.15, 0.2) is 34.2 Å². The van der Waals surface area contributed by atoms with Gasteiger partial charge in [0, 0.05) is 18.5 Å². The fraction of sp³-hybridized carbons (Fsp3) is 0.385. The van der Waals surface area contributed by atoms with E-state index in [1.54, 1.807) is 24.3 Å². The van der Waals surface area contributed by atoms with Gasteiger partial charge in [-0.1, -0.05) is 18.6 Å². The number of carbonyl (C=O) groups is 1. The summed E-state index contributed by atoms with van der Waals surface area (Å²) in [7, 11) is -3.47. The van der Waals surface area contributed by atoms with E-state index in [4.69, 9.17) is 5.11 Å². The number of sulfonamides is 1. The topological polar surface area (TPSA) is 95.8 Å². The maximum Gasteiger partial charge on any atom is 0.303 e. The number of rotatable bonds is 6. The molecule has 0 spiro atoms. The third kappa shape index (κ3) is 3.36. The Kier molecular flexibility index (Phi) is 4.39. The number of hydrogen-bond donors (Lipinski definition) is 2. The van der Waals surface area contributed by atoms with Crippen LogP contribution in [0.4, 0.5) is 0 Å². The second kappa shape index (κ2) is 6.04. The maximum atomic E-state index is 11.8. The minimum atomic E-state index is -3.47. The summed E-state index contributed by atoms with van der Waals surface area (Å²) in [6, 6.07) is 6.71. The molecule has 0 aromatic heterocycles. The molecule has 7 heteroatoms. The standard InChI is InChI=1S/C13H16N2O4S/c16-12(17)8-2-1-5-9-14-13-10-6-3-4-7-11(10)20(18,19)15-13/h3-4,6-7H,1-2,5,8-9H2,(H,14,15)(H,16,17). The third-order valence-corrected chi connectivity index (χ3v) is 4.38. The molecule has 0 bridgehead atoms. The van der Waals surface area contributed by atoms with Crippen molar-refractivity contribution in [1.82, 2.24) is 4.72 Å². The summed E-state index contributed by atoms with van der Waals surface area (Å²) in [6.07, 6.45) is 2.27. The molecule has 2 N–H and O–H groups in total. The molecule has 6 nitrogen and oxygen atoms in total. The van der Waals surface area contributed by atoms with Gasteiger partial charge in [-0.05, 0) is 25.0 Å². The van der Waals surface area contributed by atoms with E-state index in [1.165, 1.54) is 0 Å². The predicted molar refractivity (Wildman–Crippen MR) is 74.3 cm³/mol. The highest BCUT2D eigenvalue weighted by molar-refractivity contribution is 7.90. The molecule has 20 heavy (non-hydrogen) atoms. The SMILES string of the molecule is O=C(O)CCCCCN=C1NS(=O)(=O)c2ccccc21. The number of carboxylic acids is 1. The molecule has 0 radical (unpaired) electrons. The van der Waals surface area contributed by atoms with E-state index >= 15 is 0 Å². The largest absolute Gasteiger partial charge is 0.481 e. The lowest BCUT2D eigenvalue weighted by Crippen LogP contribution is -2.22. The Labute approximate surface area is 117 Å². The highest BCUT2D eigenvalue weighted by Gasteiger charge is 2.29. The zero-order chi connectivity index (χ0) is 14.6. The van der Waals surface area contributed by atoms with Gasteiger partial charge in [-0.15, -0.1) is 0 Å². The number of amidine groups is 1. The summed E-state index contributed by atoms with van der Waals surface area (Å²) in [5.74, 6) is -0.423. The van der Waals surface area contributed by atoms with Gasteiger partial charge in [0.15, 0.2) is 0 Å². The molecule has 0 aliphatic carbocycles. The summed E-state index contributed by atoms with van der Waals surface area (Å²) in [6.45, 7) is 0.478. The van der Waals surface area contributed by atoms with Crippen molar-refractivity contribution in [3.05, 3.63) is 29.8 Å². The second-order valence-electron chi connectivity index (χ2n) is 4.54. The summed E-state index contributed by atoms with van der Waals surface area (Å²) in [5.41, 5.74) is 0.595. The molecule has 0 fully saturated rings. The van der Waals surface area contributed by atoms with E-state index in [-0.39, 0.29) is 11.3 Å². The van der Waals surface area contributed by atoms with Crippen LogP contribution in [0.5, 0.6) is 0 Å². The smallest absolute Gasteiger partial charge is 0.303 e. The van der Waals surface area contributed by atoms with Gasteiger partial charge in [0.1, 0.15) is 5.84 Å². The first-order chi connectivity index (χ1) is 9.50. The zero-order valence-corrected chi connectivity index (χ0v) is 11.7. The molecular weight excluding hydrogens is 280 g/mol. The third-order valence-electron chi connectivity index (χ3n) is 2.98. The van der Waals surface area contributed by atoms with Crippen LogP contribution < -0.4 is 4.72 Å². The normalized spacial score (nSPS) is 17.7. The summed E-state index contributed by atoms with van der Waals surface area (Å²) >= 11 is 0. The van der Waals surface area contributed by atoms with E-state index in [1.807, 2.05) is 0 Å². The van der Waals surface area contributed by atoms with E-state index in [0.29, 0.717) is 24.4 Å². The van der Waals surface area contributed by atoms with Crippen molar-refractivity contribution in [1.29, 1.82) is 0 Å². The number of aliphatic imine (C=N–C) groups is 1. The van der Waals surface area contributed by atoms with Crippen molar-refractivity contribution in [2.45, 2.75) is 30.6 Å². The first kappa shape index (κ1) is 14.5. The highest BCUT2D eigenvalue weighted by Crippen LogP contribution is 2.22. The molecule has 0 amide bonds. The minimum absolute atomic E-state index is 0.159. The first-order valence-corrected chi connectivity index (χ1v) is 7.87. The lowest BCUT2D eigenvalue weighted by molar-refractivity contribution is -0.137. The van der Waals surface area contributed by atoms with E-state index in [0.717, 1.165) is 12.8 Å². The monoisotopic (exact) mass is 296 g/mol. The Bertz CT molecular complexity index is 638. The molecule has 1 aliphatic heterocycles. The Morgan fingerprint density at radius 2 is 1.95 bits per heavy atom. The average molecular weight is 296 g/mol. The summed E-state index contributed by atoms with van der Waals surface area (Å²) < 4.78 is 26.1. The maximum absolute atomic E-state index is 11.8. The second-order valence-corrected chi connectivity index (χ2v) is 6.19. The van der Waals surface area contributed by atoms with E-state index < -0.39 is 16.0 Å². The van der Waals surface area contributed by atoms with Gasteiger partial charge in [0.05, 0.1) is 4.90 Å². The highest BCUT2D eigenvalue weighted by atomic mass is 32.2. The number of aliphatic carboxylic acids is 1. The number of nitrogens with one attached hydrogen (secondary N) is 1. The number of unbranched alkanes of at least 4 members (excludes halogenated alkanes) is 2. The van der Waals surface area contributed by atoms with E-state index in [9.17, 15) is 13.2 Å². The number of nitrogens with zero attached hydrogens (tertiary/aromatic N) is 1. The van der Waals surface area contributed by atoms with Gasteiger partial charge in [0.25, 0.3) is 10.0 Å². The number of carboxylic acid groups (broad SMARTS) is 1. The molecule has 0 saturated heterocycles. The van der Waals surface area contributed by atoms with Gasteiger partial charge >= 0.3 is 5.97 Å². The molecule has 0 unspecified atom stereocenters. The van der Waals surface area contributed by atoms with Crippen LogP contribution in [-0.2, 0) is 14.8 Å². The predicted octanol–water partition coefficient (Wildman–Crippen LogP) is 1.37. The van der Waals surface area contributed by atoms with Crippen molar-refractivity contribution < 1.29 is 18.3 Å². The van der Waals surface area contributed by atoms with Gasteiger partial charge in [-0.3, -0.25) is 14.5 Å². The van der Waals surface area contributed by atoms with Crippen LogP contribution in [0, 0.1) is 0 Å². The fourth-order valence-corrected chi connectivity index (χ4v) is 3.26. The first-order valence-electron chi connectivity index (χ1n) is 6.39. The summed E-state index contributed by atoms with van der Waals surface area (Å²) in [4.78, 5) is 14.9.